The number of benzene rings is 1. The van der Waals surface area contributed by atoms with Crippen molar-refractivity contribution in [3.05, 3.63) is 82.6 Å². The van der Waals surface area contributed by atoms with Crippen LogP contribution in [0.3, 0.4) is 0 Å². The first-order valence-corrected chi connectivity index (χ1v) is 15.3. The molecule has 1 aliphatic heterocycles. The second-order valence-electron chi connectivity index (χ2n) is 10.3. The number of aromatic nitrogens is 4. The van der Waals surface area contributed by atoms with Gasteiger partial charge in [0.25, 0.3) is 0 Å². The Morgan fingerprint density at radius 2 is 1.90 bits per heavy atom. The molecule has 2 fully saturated rings. The number of hydrogen-bond donors (Lipinski definition) is 0. The number of amides is 1. The molecule has 3 aromatic heterocycles. The largest absolute Gasteiger partial charge is 0.355 e. The number of halogens is 2. The average molecular weight is 609 g/mol. The fraction of sp³-hybridized carbons (Fsp3) is 0.276. The van der Waals surface area contributed by atoms with Gasteiger partial charge in [0.05, 0.1) is 27.0 Å². The molecule has 4 heterocycles. The first-order valence-electron chi connectivity index (χ1n) is 13.4. The number of carbonyl (C=O) groups is 1. The molecule has 13 heteroatoms. The number of pyridine rings is 2. The summed E-state index contributed by atoms with van der Waals surface area (Å²) in [6.07, 6.45) is 3.63. The third-order valence-corrected chi connectivity index (χ3v) is 10.0. The summed E-state index contributed by atoms with van der Waals surface area (Å²) in [4.78, 5) is 42.9. The number of sulfone groups is 1. The highest BCUT2D eigenvalue weighted by molar-refractivity contribution is 7.92. The van der Waals surface area contributed by atoms with Crippen LogP contribution in [0.1, 0.15) is 19.8 Å². The van der Waals surface area contributed by atoms with E-state index in [2.05, 4.69) is 21.5 Å². The van der Waals surface area contributed by atoms with Crippen molar-refractivity contribution in [2.75, 3.05) is 24.5 Å². The van der Waals surface area contributed by atoms with Gasteiger partial charge in [0.15, 0.2) is 10.7 Å². The Morgan fingerprint density at radius 3 is 2.60 bits per heavy atom. The molecule has 0 N–H and O–H groups in total. The quantitative estimate of drug-likeness (QED) is 0.303. The molecule has 6 rings (SSSR count). The summed E-state index contributed by atoms with van der Waals surface area (Å²) in [5.41, 5.74) is -0.544. The van der Waals surface area contributed by atoms with Gasteiger partial charge in [0.1, 0.15) is 11.6 Å². The van der Waals surface area contributed by atoms with Crippen LogP contribution in [0.25, 0.3) is 28.0 Å². The van der Waals surface area contributed by atoms with Gasteiger partial charge in [-0.15, -0.1) is 0 Å². The minimum Gasteiger partial charge on any atom is -0.350 e. The van der Waals surface area contributed by atoms with E-state index in [0.29, 0.717) is 37.9 Å². The molecule has 1 aliphatic carbocycles. The van der Waals surface area contributed by atoms with Crippen molar-refractivity contribution in [2.24, 2.45) is 0 Å². The van der Waals surface area contributed by atoms with E-state index < -0.39 is 26.6 Å². The predicted molar refractivity (Wildman–Crippen MR) is 157 cm³/mol. The molecule has 216 valence electrons. The molecule has 1 saturated carbocycles. The summed E-state index contributed by atoms with van der Waals surface area (Å²) >= 11 is 6.70. The number of piperazine rings is 1. The van der Waals surface area contributed by atoms with Gasteiger partial charge in [0.2, 0.25) is 15.7 Å². The standard InChI is InChI=1S/C29H26ClFN6O4S/c1-3-24(38)35-13-14-36(17(2)16-35)26-20-15-21(30)25(19-7-4-5-8-22(19)31)33-27(20)37(29(39)34-26)23-9-6-12-32-28(23)42(40,41)18-10-11-18/h3-9,12,15,17-18H,1,10-11,13-14,16H2,2H3/t17-/m0/s1. The van der Waals surface area contributed by atoms with Gasteiger partial charge in [-0.2, -0.15) is 4.98 Å². The Bertz CT molecular complexity index is 1930. The molecule has 1 atom stereocenters. The SMILES string of the molecule is C=CC(=O)N1CCN(c2nc(=O)n(-c3cccnc3S(=O)(=O)C3CC3)c3nc(-c4ccccc4F)c(Cl)cc23)[C@@H](C)C1. The molecule has 4 aromatic rings. The number of hydrogen-bond acceptors (Lipinski definition) is 8. The topological polar surface area (TPSA) is 118 Å². The van der Waals surface area contributed by atoms with Crippen LogP contribution >= 0.6 is 11.6 Å². The molecular formula is C29H26ClFN6O4S. The van der Waals surface area contributed by atoms with Crippen LogP contribution in [0.2, 0.25) is 5.02 Å². The maximum absolute atomic E-state index is 14.9. The van der Waals surface area contributed by atoms with Gasteiger partial charge < -0.3 is 9.80 Å². The number of anilines is 1. The molecule has 1 saturated heterocycles. The fourth-order valence-electron chi connectivity index (χ4n) is 5.29. The van der Waals surface area contributed by atoms with Gasteiger partial charge in [-0.1, -0.05) is 30.3 Å². The van der Waals surface area contributed by atoms with Crippen molar-refractivity contribution in [3.63, 3.8) is 0 Å². The molecule has 1 amide bonds. The van der Waals surface area contributed by atoms with E-state index in [9.17, 15) is 22.4 Å². The van der Waals surface area contributed by atoms with Gasteiger partial charge in [0, 0.05) is 37.4 Å². The van der Waals surface area contributed by atoms with Crippen LogP contribution in [-0.4, -0.2) is 69.7 Å². The van der Waals surface area contributed by atoms with E-state index in [1.54, 1.807) is 17.0 Å². The molecule has 42 heavy (non-hydrogen) atoms. The number of rotatable bonds is 6. The van der Waals surface area contributed by atoms with Gasteiger partial charge >= 0.3 is 5.69 Å². The fourth-order valence-corrected chi connectivity index (χ4v) is 7.28. The number of carbonyl (C=O) groups excluding carboxylic acids is 1. The van der Waals surface area contributed by atoms with E-state index >= 15 is 0 Å². The Kier molecular flexibility index (Phi) is 7.06. The Balaban J connectivity index is 1.62. The third-order valence-electron chi connectivity index (χ3n) is 7.54. The van der Waals surface area contributed by atoms with Crippen LogP contribution < -0.4 is 10.6 Å². The predicted octanol–water partition coefficient (Wildman–Crippen LogP) is 3.79. The third kappa shape index (κ3) is 4.74. The molecule has 1 aromatic carbocycles. The molecule has 0 bridgehead atoms. The van der Waals surface area contributed by atoms with Crippen LogP contribution in [0, 0.1) is 5.82 Å². The Labute approximate surface area is 246 Å². The molecular weight excluding hydrogens is 583 g/mol. The van der Waals surface area contributed by atoms with Crippen molar-refractivity contribution in [1.29, 1.82) is 0 Å². The lowest BCUT2D eigenvalue weighted by molar-refractivity contribution is -0.126. The lowest BCUT2D eigenvalue weighted by atomic mass is 10.1. The minimum absolute atomic E-state index is 0.00204. The number of fused-ring (bicyclic) bond motifs is 1. The zero-order valence-electron chi connectivity index (χ0n) is 22.6. The lowest BCUT2D eigenvalue weighted by Crippen LogP contribution is -2.54. The minimum atomic E-state index is -3.83. The second-order valence-corrected chi connectivity index (χ2v) is 12.9. The van der Waals surface area contributed by atoms with Gasteiger partial charge in [-0.3, -0.25) is 4.79 Å². The molecule has 0 spiro atoms. The monoisotopic (exact) mass is 608 g/mol. The first-order chi connectivity index (χ1) is 20.1. The van der Waals surface area contributed by atoms with Crippen LogP contribution in [-0.2, 0) is 14.6 Å². The van der Waals surface area contributed by atoms with Crippen molar-refractivity contribution < 1.29 is 17.6 Å². The molecule has 0 unspecified atom stereocenters. The lowest BCUT2D eigenvalue weighted by Gasteiger charge is -2.40. The summed E-state index contributed by atoms with van der Waals surface area (Å²) in [6, 6.07) is 10.3. The average Bonchev–Trinajstić information content (AvgIpc) is 3.83. The highest BCUT2D eigenvalue weighted by atomic mass is 35.5. The van der Waals surface area contributed by atoms with E-state index in [0.717, 1.165) is 4.57 Å². The van der Waals surface area contributed by atoms with E-state index in [-0.39, 0.29) is 50.4 Å². The van der Waals surface area contributed by atoms with Crippen molar-refractivity contribution in [3.8, 4) is 16.9 Å². The summed E-state index contributed by atoms with van der Waals surface area (Å²) < 4.78 is 42.7. The highest BCUT2D eigenvalue weighted by Gasteiger charge is 2.40. The van der Waals surface area contributed by atoms with Crippen LogP contribution in [0.5, 0.6) is 0 Å². The first kappa shape index (κ1) is 28.0. The van der Waals surface area contributed by atoms with Crippen molar-refractivity contribution in [1.82, 2.24) is 24.4 Å². The van der Waals surface area contributed by atoms with E-state index in [4.69, 9.17) is 11.6 Å². The van der Waals surface area contributed by atoms with Crippen molar-refractivity contribution >= 4 is 44.2 Å². The zero-order chi connectivity index (χ0) is 29.8. The molecule has 0 radical (unpaired) electrons. The maximum atomic E-state index is 14.9. The Morgan fingerprint density at radius 1 is 1.14 bits per heavy atom. The summed E-state index contributed by atoms with van der Waals surface area (Å²) in [5.74, 6) is -0.492. The highest BCUT2D eigenvalue weighted by Crippen LogP contribution is 2.38. The maximum Gasteiger partial charge on any atom is 0.355 e. The molecule has 2 aliphatic rings. The zero-order valence-corrected chi connectivity index (χ0v) is 24.1. The Hall–Kier alpha value is -4.16. The molecule has 10 nitrogen and oxygen atoms in total. The smallest absolute Gasteiger partial charge is 0.350 e. The van der Waals surface area contributed by atoms with E-state index in [1.807, 2.05) is 11.8 Å². The van der Waals surface area contributed by atoms with E-state index in [1.165, 1.54) is 42.6 Å². The van der Waals surface area contributed by atoms with Crippen molar-refractivity contribution in [2.45, 2.75) is 36.1 Å². The summed E-state index contributed by atoms with van der Waals surface area (Å²) in [6.45, 7) is 6.53. The number of nitrogens with zero attached hydrogens (tertiary/aromatic N) is 6. The summed E-state index contributed by atoms with van der Waals surface area (Å²) in [5, 5.41) is -0.355. The van der Waals surface area contributed by atoms with Gasteiger partial charge in [-0.05, 0) is 56.2 Å². The van der Waals surface area contributed by atoms with Crippen LogP contribution in [0.15, 0.2) is 71.1 Å². The summed E-state index contributed by atoms with van der Waals surface area (Å²) in [7, 11) is -3.83. The normalized spacial score (nSPS) is 17.5. The second kappa shape index (κ2) is 10.6. The van der Waals surface area contributed by atoms with Gasteiger partial charge in [-0.25, -0.2) is 32.1 Å². The van der Waals surface area contributed by atoms with Crippen LogP contribution in [0.4, 0.5) is 10.2 Å².